The summed E-state index contributed by atoms with van der Waals surface area (Å²) in [6, 6.07) is 7.61. The summed E-state index contributed by atoms with van der Waals surface area (Å²) in [6.45, 7) is 0.546. The van der Waals surface area contributed by atoms with E-state index in [0.29, 0.717) is 13.0 Å². The summed E-state index contributed by atoms with van der Waals surface area (Å²) < 4.78 is 42.2. The second-order valence-corrected chi connectivity index (χ2v) is 5.62. The molecule has 1 heterocycles. The molecule has 21 heavy (non-hydrogen) atoms. The van der Waals surface area contributed by atoms with Crippen molar-refractivity contribution in [2.75, 3.05) is 33.8 Å². The van der Waals surface area contributed by atoms with Gasteiger partial charge < -0.3 is 15.0 Å². The first-order valence-electron chi connectivity index (χ1n) is 7.00. The van der Waals surface area contributed by atoms with Gasteiger partial charge in [0.05, 0.1) is 13.7 Å². The highest BCUT2D eigenvalue weighted by Gasteiger charge is 2.31. The predicted molar refractivity (Wildman–Crippen MR) is 75.7 cm³/mol. The number of halogens is 3. The summed E-state index contributed by atoms with van der Waals surface area (Å²) in [5, 5.41) is 2.62. The molecule has 0 aromatic heterocycles. The predicted octanol–water partition coefficient (Wildman–Crippen LogP) is 2.63. The van der Waals surface area contributed by atoms with Crippen molar-refractivity contribution in [3.05, 3.63) is 29.8 Å². The summed E-state index contributed by atoms with van der Waals surface area (Å²) >= 11 is 0. The van der Waals surface area contributed by atoms with Gasteiger partial charge in [0.2, 0.25) is 0 Å². The van der Waals surface area contributed by atoms with Gasteiger partial charge in [-0.3, -0.25) is 0 Å². The first-order chi connectivity index (χ1) is 9.87. The van der Waals surface area contributed by atoms with Gasteiger partial charge in [-0.05, 0) is 37.1 Å². The highest BCUT2D eigenvalue weighted by Crippen LogP contribution is 2.29. The number of piperidine rings is 1. The van der Waals surface area contributed by atoms with E-state index in [4.69, 9.17) is 4.74 Å². The normalized spacial score (nSPS) is 24.0. The molecule has 1 aromatic carbocycles. The van der Waals surface area contributed by atoms with E-state index < -0.39 is 12.7 Å². The molecule has 0 aliphatic carbocycles. The lowest BCUT2D eigenvalue weighted by molar-refractivity contribution is -0.127. The molecule has 6 heteroatoms. The van der Waals surface area contributed by atoms with Crippen LogP contribution in [-0.4, -0.2) is 50.9 Å². The Hall–Kier alpha value is -1.27. The van der Waals surface area contributed by atoms with Gasteiger partial charge in [-0.15, -0.1) is 0 Å². The lowest BCUT2D eigenvalue weighted by Gasteiger charge is -2.36. The van der Waals surface area contributed by atoms with Crippen LogP contribution in [0.25, 0.3) is 0 Å². The number of likely N-dealkylation sites (tertiary alicyclic amines) is 1. The molecule has 0 bridgehead atoms. The van der Waals surface area contributed by atoms with E-state index >= 15 is 0 Å². The Kier molecular flexibility index (Phi) is 5.11. The average Bonchev–Trinajstić information content (AvgIpc) is 2.44. The van der Waals surface area contributed by atoms with Crippen LogP contribution in [0.3, 0.4) is 0 Å². The minimum Gasteiger partial charge on any atom is -0.497 e. The van der Waals surface area contributed by atoms with Gasteiger partial charge in [-0.1, -0.05) is 12.1 Å². The van der Waals surface area contributed by atoms with Crippen molar-refractivity contribution in [1.29, 1.82) is 0 Å². The maximum atomic E-state index is 12.3. The molecule has 1 aliphatic heterocycles. The van der Waals surface area contributed by atoms with Crippen LogP contribution in [0.2, 0.25) is 0 Å². The molecular weight excluding hydrogens is 281 g/mol. The van der Waals surface area contributed by atoms with Crippen molar-refractivity contribution in [3.63, 3.8) is 0 Å². The zero-order valence-corrected chi connectivity index (χ0v) is 12.3. The van der Waals surface area contributed by atoms with Crippen LogP contribution in [0.15, 0.2) is 24.3 Å². The molecule has 1 aromatic rings. The molecule has 0 radical (unpaired) electrons. The SMILES string of the molecule is COc1cccc(C2CC(NCC(F)(F)F)CN(C)C2)c1. The molecule has 118 valence electrons. The second kappa shape index (κ2) is 6.66. The molecule has 2 unspecified atom stereocenters. The zero-order chi connectivity index (χ0) is 15.5. The second-order valence-electron chi connectivity index (χ2n) is 5.62. The van der Waals surface area contributed by atoms with E-state index in [1.54, 1.807) is 7.11 Å². The minimum absolute atomic E-state index is 0.151. The third-order valence-electron chi connectivity index (χ3n) is 3.79. The van der Waals surface area contributed by atoms with Gasteiger partial charge in [0.15, 0.2) is 0 Å². The Morgan fingerprint density at radius 2 is 2.10 bits per heavy atom. The molecular formula is C15H21F3N2O. The molecule has 2 atom stereocenters. The summed E-state index contributed by atoms with van der Waals surface area (Å²) in [4.78, 5) is 2.07. The van der Waals surface area contributed by atoms with Crippen LogP contribution in [0.4, 0.5) is 13.2 Å². The van der Waals surface area contributed by atoms with E-state index in [1.165, 1.54) is 0 Å². The van der Waals surface area contributed by atoms with E-state index in [9.17, 15) is 13.2 Å². The number of alkyl halides is 3. The topological polar surface area (TPSA) is 24.5 Å². The molecule has 3 nitrogen and oxygen atoms in total. The van der Waals surface area contributed by atoms with Gasteiger partial charge in [0.1, 0.15) is 5.75 Å². The van der Waals surface area contributed by atoms with Crippen molar-refractivity contribution >= 4 is 0 Å². The van der Waals surface area contributed by atoms with E-state index in [2.05, 4.69) is 10.2 Å². The van der Waals surface area contributed by atoms with Crippen molar-refractivity contribution in [1.82, 2.24) is 10.2 Å². The molecule has 2 rings (SSSR count). The van der Waals surface area contributed by atoms with Gasteiger partial charge in [-0.2, -0.15) is 13.2 Å². The number of nitrogens with one attached hydrogen (secondary N) is 1. The summed E-state index contributed by atoms with van der Waals surface area (Å²) in [5.41, 5.74) is 1.11. The Labute approximate surface area is 123 Å². The molecule has 1 aliphatic rings. The van der Waals surface area contributed by atoms with Crippen molar-refractivity contribution < 1.29 is 17.9 Å². The molecule has 0 amide bonds. The Morgan fingerprint density at radius 1 is 1.33 bits per heavy atom. The maximum absolute atomic E-state index is 12.3. The largest absolute Gasteiger partial charge is 0.497 e. The highest BCUT2D eigenvalue weighted by molar-refractivity contribution is 5.31. The highest BCUT2D eigenvalue weighted by atomic mass is 19.4. The molecule has 1 fully saturated rings. The Morgan fingerprint density at radius 3 is 2.76 bits per heavy atom. The first-order valence-corrected chi connectivity index (χ1v) is 7.00. The zero-order valence-electron chi connectivity index (χ0n) is 12.3. The third-order valence-corrected chi connectivity index (χ3v) is 3.79. The number of nitrogens with zero attached hydrogens (tertiary/aromatic N) is 1. The number of methoxy groups -OCH3 is 1. The minimum atomic E-state index is -4.17. The van der Waals surface area contributed by atoms with Crippen molar-refractivity contribution in [2.45, 2.75) is 24.6 Å². The van der Waals surface area contributed by atoms with Crippen LogP contribution in [0.1, 0.15) is 17.9 Å². The molecule has 1 N–H and O–H groups in total. The van der Waals surface area contributed by atoms with E-state index in [1.807, 2.05) is 31.3 Å². The van der Waals surface area contributed by atoms with Crippen molar-refractivity contribution in [3.8, 4) is 5.75 Å². The van der Waals surface area contributed by atoms with Crippen LogP contribution in [0, 0.1) is 0 Å². The van der Waals surface area contributed by atoms with Gasteiger partial charge in [-0.25, -0.2) is 0 Å². The summed E-state index contributed by atoms with van der Waals surface area (Å²) in [7, 11) is 3.55. The number of likely N-dealkylation sites (N-methyl/N-ethyl adjacent to an activating group) is 1. The van der Waals surface area contributed by atoms with Gasteiger partial charge in [0.25, 0.3) is 0 Å². The average molecular weight is 302 g/mol. The fourth-order valence-electron chi connectivity index (χ4n) is 2.86. The quantitative estimate of drug-likeness (QED) is 0.925. The van der Waals surface area contributed by atoms with E-state index in [0.717, 1.165) is 17.9 Å². The number of benzene rings is 1. The molecule has 1 saturated heterocycles. The number of hydrogen-bond acceptors (Lipinski definition) is 3. The molecule has 0 saturated carbocycles. The van der Waals surface area contributed by atoms with Crippen molar-refractivity contribution in [2.24, 2.45) is 0 Å². The fourth-order valence-corrected chi connectivity index (χ4v) is 2.86. The fraction of sp³-hybridized carbons (Fsp3) is 0.600. The molecule has 0 spiro atoms. The van der Waals surface area contributed by atoms with Gasteiger partial charge in [0, 0.05) is 19.1 Å². The standard InChI is InChI=1S/C15H21F3N2O/c1-20-8-12(11-4-3-5-14(7-11)21-2)6-13(9-20)19-10-15(16,17)18/h3-5,7,12-13,19H,6,8-10H2,1-2H3. The maximum Gasteiger partial charge on any atom is 0.401 e. The number of hydrogen-bond donors (Lipinski definition) is 1. The van der Waals surface area contributed by atoms with Crippen LogP contribution in [0.5, 0.6) is 5.75 Å². The number of ether oxygens (including phenoxy) is 1. The monoisotopic (exact) mass is 302 g/mol. The lowest BCUT2D eigenvalue weighted by atomic mass is 9.88. The Bertz CT molecular complexity index is 464. The van der Waals surface area contributed by atoms with Gasteiger partial charge >= 0.3 is 6.18 Å². The van der Waals surface area contributed by atoms with E-state index in [-0.39, 0.29) is 12.0 Å². The summed E-state index contributed by atoms with van der Waals surface area (Å²) in [6.07, 6.45) is -3.46. The summed E-state index contributed by atoms with van der Waals surface area (Å²) in [5.74, 6) is 0.991. The smallest absolute Gasteiger partial charge is 0.401 e. The van der Waals surface area contributed by atoms with Crippen LogP contribution in [-0.2, 0) is 0 Å². The lowest BCUT2D eigenvalue weighted by Crippen LogP contribution is -2.49. The number of rotatable bonds is 4. The van der Waals surface area contributed by atoms with Crippen LogP contribution < -0.4 is 10.1 Å². The third kappa shape index (κ3) is 4.89. The first kappa shape index (κ1) is 16.1. The Balaban J connectivity index is 2.02. The van der Waals surface area contributed by atoms with Crippen LogP contribution >= 0.6 is 0 Å².